The zero-order valence-corrected chi connectivity index (χ0v) is 18.8. The predicted octanol–water partition coefficient (Wildman–Crippen LogP) is 2.25. The van der Waals surface area contributed by atoms with Gasteiger partial charge in [-0.1, -0.05) is 6.92 Å². The number of nitrogens with zero attached hydrogens (tertiary/aromatic N) is 4. The molecule has 2 aromatic heterocycles. The average molecular weight is 454 g/mol. The number of aromatic nitrogens is 3. The van der Waals surface area contributed by atoms with Gasteiger partial charge in [0.15, 0.2) is 0 Å². The van der Waals surface area contributed by atoms with E-state index < -0.39 is 0 Å². The molecule has 0 amide bonds. The minimum atomic E-state index is 0. The van der Waals surface area contributed by atoms with Gasteiger partial charge in [-0.25, -0.2) is 9.97 Å². The van der Waals surface area contributed by atoms with Crippen LogP contribution in [0.3, 0.4) is 0 Å². The van der Waals surface area contributed by atoms with Crippen LogP contribution in [0, 0.1) is 5.92 Å². The second-order valence-electron chi connectivity index (χ2n) is 8.07. The van der Waals surface area contributed by atoms with Crippen molar-refractivity contribution in [2.24, 2.45) is 5.92 Å². The van der Waals surface area contributed by atoms with Crippen molar-refractivity contribution >= 4 is 30.8 Å². The van der Waals surface area contributed by atoms with Crippen molar-refractivity contribution in [3.63, 3.8) is 0 Å². The SMILES string of the molecule is CCc1cc(-c2cc3n(c(=O)c2)C[C@@H]2CNC[C@H]3C2)nc(N2CCOCC2)n1.Cl.Cl. The molecule has 0 spiro atoms. The molecule has 0 radical (unpaired) electrons. The third kappa shape index (κ3) is 4.35. The number of anilines is 1. The van der Waals surface area contributed by atoms with Crippen molar-refractivity contribution in [1.29, 1.82) is 0 Å². The molecule has 164 valence electrons. The van der Waals surface area contributed by atoms with Crippen LogP contribution < -0.4 is 15.8 Å². The topological polar surface area (TPSA) is 72.3 Å². The van der Waals surface area contributed by atoms with Crippen LogP contribution in [0.2, 0.25) is 0 Å². The summed E-state index contributed by atoms with van der Waals surface area (Å²) in [4.78, 5) is 24.6. The molecule has 2 bridgehead atoms. The number of pyridine rings is 1. The predicted molar refractivity (Wildman–Crippen MR) is 122 cm³/mol. The lowest BCUT2D eigenvalue weighted by Crippen LogP contribution is -2.44. The number of rotatable bonds is 3. The zero-order valence-electron chi connectivity index (χ0n) is 17.2. The molecular formula is C21H29Cl2N5O2. The fourth-order valence-corrected chi connectivity index (χ4v) is 4.67. The number of halogens is 2. The molecule has 2 aromatic rings. The second kappa shape index (κ2) is 9.64. The Kier molecular flexibility index (Phi) is 7.39. The molecule has 9 heteroatoms. The molecule has 7 nitrogen and oxygen atoms in total. The van der Waals surface area contributed by atoms with Crippen LogP contribution in [0.4, 0.5) is 5.95 Å². The summed E-state index contributed by atoms with van der Waals surface area (Å²) >= 11 is 0. The number of hydrogen-bond acceptors (Lipinski definition) is 6. The number of piperidine rings is 1. The van der Waals surface area contributed by atoms with E-state index in [4.69, 9.17) is 14.7 Å². The number of aryl methyl sites for hydroxylation is 1. The fourth-order valence-electron chi connectivity index (χ4n) is 4.67. The maximum Gasteiger partial charge on any atom is 0.251 e. The van der Waals surface area contributed by atoms with Gasteiger partial charge in [0.2, 0.25) is 5.95 Å². The van der Waals surface area contributed by atoms with Crippen LogP contribution in [-0.4, -0.2) is 53.9 Å². The van der Waals surface area contributed by atoms with E-state index in [2.05, 4.69) is 23.2 Å². The molecule has 5 rings (SSSR count). The van der Waals surface area contributed by atoms with Crippen molar-refractivity contribution in [1.82, 2.24) is 19.9 Å². The largest absolute Gasteiger partial charge is 0.378 e. The van der Waals surface area contributed by atoms with Crippen molar-refractivity contribution < 1.29 is 4.74 Å². The Morgan fingerprint density at radius 3 is 2.70 bits per heavy atom. The first-order valence-electron chi connectivity index (χ1n) is 10.4. The second-order valence-corrected chi connectivity index (χ2v) is 8.07. The highest BCUT2D eigenvalue weighted by atomic mass is 35.5. The molecular weight excluding hydrogens is 425 g/mol. The van der Waals surface area contributed by atoms with Crippen LogP contribution in [0.25, 0.3) is 11.3 Å². The maximum atomic E-state index is 12.9. The van der Waals surface area contributed by atoms with E-state index in [1.807, 2.05) is 10.6 Å². The average Bonchev–Trinajstić information content (AvgIpc) is 2.75. The molecule has 30 heavy (non-hydrogen) atoms. The summed E-state index contributed by atoms with van der Waals surface area (Å²) in [6, 6.07) is 5.96. The van der Waals surface area contributed by atoms with Gasteiger partial charge in [0.1, 0.15) is 0 Å². The molecule has 0 saturated carbocycles. The van der Waals surface area contributed by atoms with E-state index in [1.165, 1.54) is 6.42 Å². The molecule has 2 atom stereocenters. The number of fused-ring (bicyclic) bond motifs is 4. The molecule has 0 unspecified atom stereocenters. The Bertz CT molecular complexity index is 945. The van der Waals surface area contributed by atoms with Gasteiger partial charge >= 0.3 is 0 Å². The number of morpholine rings is 1. The molecule has 3 aliphatic heterocycles. The molecule has 5 heterocycles. The number of hydrogen-bond donors (Lipinski definition) is 1. The smallest absolute Gasteiger partial charge is 0.251 e. The molecule has 0 aliphatic carbocycles. The van der Waals surface area contributed by atoms with Gasteiger partial charge in [-0.2, -0.15) is 0 Å². The first kappa shape index (κ1) is 23.0. The van der Waals surface area contributed by atoms with Crippen LogP contribution in [0.15, 0.2) is 23.0 Å². The van der Waals surface area contributed by atoms with E-state index in [-0.39, 0.29) is 30.4 Å². The minimum Gasteiger partial charge on any atom is -0.378 e. The van der Waals surface area contributed by atoms with Gasteiger partial charge in [0.25, 0.3) is 5.56 Å². The summed E-state index contributed by atoms with van der Waals surface area (Å²) in [5, 5.41) is 3.52. The lowest BCUT2D eigenvalue weighted by atomic mass is 9.83. The van der Waals surface area contributed by atoms with Crippen molar-refractivity contribution in [2.75, 3.05) is 44.3 Å². The molecule has 2 saturated heterocycles. The number of ether oxygens (including phenoxy) is 1. The van der Waals surface area contributed by atoms with Crippen LogP contribution in [0.5, 0.6) is 0 Å². The highest BCUT2D eigenvalue weighted by molar-refractivity contribution is 5.85. The summed E-state index contributed by atoms with van der Waals surface area (Å²) in [5.74, 6) is 1.72. The van der Waals surface area contributed by atoms with E-state index >= 15 is 0 Å². The Labute approximate surface area is 189 Å². The van der Waals surface area contributed by atoms with E-state index in [0.29, 0.717) is 25.0 Å². The highest BCUT2D eigenvalue weighted by Crippen LogP contribution is 2.33. The molecule has 2 fully saturated rings. The Balaban J connectivity index is 0.00000128. The summed E-state index contributed by atoms with van der Waals surface area (Å²) in [5.41, 5.74) is 4.00. The first-order valence-corrected chi connectivity index (χ1v) is 10.4. The normalized spacial score (nSPS) is 22.5. The maximum absolute atomic E-state index is 12.9. The Morgan fingerprint density at radius 1 is 1.13 bits per heavy atom. The Hall–Kier alpha value is -1.67. The van der Waals surface area contributed by atoms with E-state index in [0.717, 1.165) is 67.7 Å². The quantitative estimate of drug-likeness (QED) is 0.767. The summed E-state index contributed by atoms with van der Waals surface area (Å²) in [6.07, 6.45) is 2.00. The lowest BCUT2D eigenvalue weighted by Gasteiger charge is -2.37. The van der Waals surface area contributed by atoms with Crippen LogP contribution >= 0.6 is 24.8 Å². The molecule has 0 aromatic carbocycles. The van der Waals surface area contributed by atoms with Crippen LogP contribution in [0.1, 0.15) is 30.7 Å². The highest BCUT2D eigenvalue weighted by Gasteiger charge is 2.31. The summed E-state index contributed by atoms with van der Waals surface area (Å²) in [6.45, 7) is 7.88. The van der Waals surface area contributed by atoms with Gasteiger partial charge in [-0.05, 0) is 37.4 Å². The van der Waals surface area contributed by atoms with Gasteiger partial charge in [0.05, 0.1) is 18.9 Å². The van der Waals surface area contributed by atoms with Gasteiger partial charge in [-0.15, -0.1) is 24.8 Å². The van der Waals surface area contributed by atoms with Gasteiger partial charge < -0.3 is 19.5 Å². The van der Waals surface area contributed by atoms with Crippen molar-refractivity contribution in [2.45, 2.75) is 32.2 Å². The third-order valence-electron chi connectivity index (χ3n) is 6.18. The first-order chi connectivity index (χ1) is 13.7. The van der Waals surface area contributed by atoms with E-state index in [1.54, 1.807) is 6.07 Å². The monoisotopic (exact) mass is 453 g/mol. The summed E-state index contributed by atoms with van der Waals surface area (Å²) < 4.78 is 7.44. The van der Waals surface area contributed by atoms with Gasteiger partial charge in [0, 0.05) is 55.1 Å². The van der Waals surface area contributed by atoms with Gasteiger partial charge in [-0.3, -0.25) is 4.79 Å². The lowest BCUT2D eigenvalue weighted by molar-refractivity contribution is 0.122. The third-order valence-corrected chi connectivity index (χ3v) is 6.18. The standard InChI is InChI=1S/C21H27N5O2.2ClH/c1-2-17-10-18(24-21(23-17)25-3-5-28-6-4-25)15-8-19-16-7-14(11-22-12-16)13-26(19)20(27)9-15;;/h8-10,14,16,22H,2-7,11-13H2,1H3;2*1H/t14-,16+;;/m0../s1. The minimum absolute atomic E-state index is 0. The van der Waals surface area contributed by atoms with Crippen molar-refractivity contribution in [3.05, 3.63) is 39.9 Å². The van der Waals surface area contributed by atoms with E-state index in [9.17, 15) is 4.79 Å². The number of nitrogens with one attached hydrogen (secondary N) is 1. The molecule has 1 N–H and O–H groups in total. The van der Waals surface area contributed by atoms with Crippen LogP contribution in [-0.2, 0) is 17.7 Å². The summed E-state index contributed by atoms with van der Waals surface area (Å²) in [7, 11) is 0. The Morgan fingerprint density at radius 2 is 1.93 bits per heavy atom. The van der Waals surface area contributed by atoms with Crippen molar-refractivity contribution in [3.8, 4) is 11.3 Å². The zero-order chi connectivity index (χ0) is 19.1. The molecule has 3 aliphatic rings. The fraction of sp³-hybridized carbons (Fsp3) is 0.571.